The smallest absolute Gasteiger partial charge is 0.437 e. The Hall–Kier alpha value is -3.42. The number of benzene rings is 2. The minimum Gasteiger partial charge on any atom is -0.490 e. The fraction of sp³-hybridized carbons (Fsp3) is 0.158. The molecular weight excluding hydrogens is 358 g/mol. The van der Waals surface area contributed by atoms with Crippen LogP contribution in [0.2, 0.25) is 0 Å². The van der Waals surface area contributed by atoms with E-state index in [9.17, 15) is 13.6 Å². The Kier molecular flexibility index (Phi) is 4.23. The zero-order chi connectivity index (χ0) is 19.0. The third-order valence-corrected chi connectivity index (χ3v) is 3.98. The average molecular weight is 372 g/mol. The number of nitrogens with zero attached hydrogens (tertiary/aromatic N) is 2. The molecule has 0 aliphatic carbocycles. The van der Waals surface area contributed by atoms with Gasteiger partial charge in [-0.1, -0.05) is 24.3 Å². The van der Waals surface area contributed by atoms with Gasteiger partial charge in [0.15, 0.2) is 28.7 Å². The molecule has 0 unspecified atom stereocenters. The monoisotopic (exact) mass is 372 g/mol. The van der Waals surface area contributed by atoms with Gasteiger partial charge in [0, 0.05) is 10.9 Å². The predicted molar refractivity (Wildman–Crippen MR) is 92.6 cm³/mol. The van der Waals surface area contributed by atoms with E-state index in [1.165, 1.54) is 12.1 Å². The fourth-order valence-corrected chi connectivity index (χ4v) is 2.75. The van der Waals surface area contributed by atoms with Gasteiger partial charge in [-0.2, -0.15) is 4.68 Å². The Labute approximate surface area is 151 Å². The normalized spacial score (nSPS) is 11.2. The van der Waals surface area contributed by atoms with Gasteiger partial charge in [-0.25, -0.2) is 13.6 Å². The van der Waals surface area contributed by atoms with Gasteiger partial charge in [-0.3, -0.25) is 0 Å². The molecule has 2 heterocycles. The fourth-order valence-electron chi connectivity index (χ4n) is 2.75. The summed E-state index contributed by atoms with van der Waals surface area (Å²) in [5.41, 5.74) is 0.489. The number of para-hydroxylation sites is 1. The van der Waals surface area contributed by atoms with Crippen molar-refractivity contribution in [2.24, 2.45) is 0 Å². The molecule has 0 N–H and O–H groups in total. The Morgan fingerprint density at radius 2 is 1.96 bits per heavy atom. The van der Waals surface area contributed by atoms with Crippen molar-refractivity contribution >= 4 is 11.0 Å². The zero-order valence-electron chi connectivity index (χ0n) is 14.2. The highest BCUT2D eigenvalue weighted by atomic mass is 19.2. The van der Waals surface area contributed by atoms with Gasteiger partial charge >= 0.3 is 5.76 Å². The highest BCUT2D eigenvalue weighted by molar-refractivity contribution is 5.86. The van der Waals surface area contributed by atoms with Gasteiger partial charge in [0.2, 0.25) is 0 Å². The summed E-state index contributed by atoms with van der Waals surface area (Å²) in [7, 11) is 0. The van der Waals surface area contributed by atoms with Gasteiger partial charge in [0.1, 0.15) is 0 Å². The number of ether oxygens (including phenoxy) is 1. The van der Waals surface area contributed by atoms with Gasteiger partial charge in [0.25, 0.3) is 5.89 Å². The lowest BCUT2D eigenvalue weighted by Crippen LogP contribution is -2.17. The highest BCUT2D eigenvalue weighted by Gasteiger charge is 2.18. The van der Waals surface area contributed by atoms with Crippen molar-refractivity contribution in [3.8, 4) is 17.4 Å². The Bertz CT molecular complexity index is 1180. The summed E-state index contributed by atoms with van der Waals surface area (Å²) in [6.45, 7) is 2.06. The first-order chi connectivity index (χ1) is 13.1. The summed E-state index contributed by atoms with van der Waals surface area (Å²) in [5, 5.41) is 4.78. The topological polar surface area (TPSA) is 70.4 Å². The number of aromatic nitrogens is 2. The van der Waals surface area contributed by atoms with Crippen molar-refractivity contribution in [3.63, 3.8) is 0 Å². The van der Waals surface area contributed by atoms with Crippen LogP contribution in [0.5, 0.6) is 5.75 Å². The SMILES string of the molecule is CCOc1cccc2cc(-c3nn(Cc4cccc(F)c4F)c(=O)o3)oc12. The molecule has 138 valence electrons. The van der Waals surface area contributed by atoms with Gasteiger partial charge < -0.3 is 13.6 Å². The van der Waals surface area contributed by atoms with Crippen molar-refractivity contribution in [1.82, 2.24) is 9.78 Å². The van der Waals surface area contributed by atoms with E-state index in [0.29, 0.717) is 17.9 Å². The number of halogens is 2. The first-order valence-electron chi connectivity index (χ1n) is 8.23. The van der Waals surface area contributed by atoms with Crippen LogP contribution in [0.1, 0.15) is 12.5 Å². The molecule has 0 radical (unpaired) electrons. The maximum absolute atomic E-state index is 13.8. The molecule has 0 bridgehead atoms. The highest BCUT2D eigenvalue weighted by Crippen LogP contribution is 2.32. The standard InChI is InChI=1S/C19H14F2N2O4/c1-2-25-14-8-4-5-11-9-15(26-17(11)14)18-22-23(19(24)27-18)10-12-6-3-7-13(20)16(12)21/h3-9H,2,10H2,1H3. The summed E-state index contributed by atoms with van der Waals surface area (Å²) < 4.78 is 44.4. The van der Waals surface area contributed by atoms with Crippen LogP contribution in [-0.4, -0.2) is 16.4 Å². The summed E-state index contributed by atoms with van der Waals surface area (Å²) in [6.07, 6.45) is 0. The van der Waals surface area contributed by atoms with E-state index in [-0.39, 0.29) is 23.8 Å². The van der Waals surface area contributed by atoms with E-state index >= 15 is 0 Å². The number of fused-ring (bicyclic) bond motifs is 1. The van der Waals surface area contributed by atoms with E-state index in [0.717, 1.165) is 16.1 Å². The molecule has 4 rings (SSSR count). The lowest BCUT2D eigenvalue weighted by atomic mass is 10.2. The first kappa shape index (κ1) is 17.0. The second kappa shape index (κ2) is 6.71. The van der Waals surface area contributed by atoms with Crippen molar-refractivity contribution in [1.29, 1.82) is 0 Å². The summed E-state index contributed by atoms with van der Waals surface area (Å²) in [5.74, 6) is -2.10. The van der Waals surface area contributed by atoms with Crippen molar-refractivity contribution < 1.29 is 22.4 Å². The second-order valence-electron chi connectivity index (χ2n) is 5.76. The van der Waals surface area contributed by atoms with Crippen LogP contribution in [0.3, 0.4) is 0 Å². The van der Waals surface area contributed by atoms with E-state index in [4.69, 9.17) is 13.6 Å². The maximum atomic E-state index is 13.8. The zero-order valence-corrected chi connectivity index (χ0v) is 14.2. The molecule has 27 heavy (non-hydrogen) atoms. The van der Waals surface area contributed by atoms with E-state index in [1.54, 1.807) is 12.1 Å². The first-order valence-corrected chi connectivity index (χ1v) is 8.23. The quantitative estimate of drug-likeness (QED) is 0.530. The lowest BCUT2D eigenvalue weighted by molar-refractivity contribution is 0.338. The van der Waals surface area contributed by atoms with E-state index in [1.807, 2.05) is 19.1 Å². The third-order valence-electron chi connectivity index (χ3n) is 3.98. The molecule has 0 saturated carbocycles. The molecule has 0 amide bonds. The second-order valence-corrected chi connectivity index (χ2v) is 5.76. The molecule has 0 saturated heterocycles. The molecular formula is C19H14F2N2O4. The molecule has 2 aromatic carbocycles. The van der Waals surface area contributed by atoms with Crippen LogP contribution in [0.4, 0.5) is 8.78 Å². The number of rotatable bonds is 5. The van der Waals surface area contributed by atoms with E-state index in [2.05, 4.69) is 5.10 Å². The minimum absolute atomic E-state index is 0.0137. The molecule has 8 heteroatoms. The lowest BCUT2D eigenvalue weighted by Gasteiger charge is -2.02. The van der Waals surface area contributed by atoms with Gasteiger partial charge in [0.05, 0.1) is 13.2 Å². The van der Waals surface area contributed by atoms with Crippen LogP contribution in [0, 0.1) is 11.6 Å². The van der Waals surface area contributed by atoms with Crippen LogP contribution in [0.15, 0.2) is 56.1 Å². The van der Waals surface area contributed by atoms with Crippen LogP contribution < -0.4 is 10.5 Å². The van der Waals surface area contributed by atoms with Crippen molar-refractivity contribution in [2.75, 3.05) is 6.61 Å². The largest absolute Gasteiger partial charge is 0.490 e. The number of furan rings is 1. The molecule has 0 fully saturated rings. The van der Waals surface area contributed by atoms with Crippen molar-refractivity contribution in [3.05, 3.63) is 70.2 Å². The average Bonchev–Trinajstić information content (AvgIpc) is 3.24. The van der Waals surface area contributed by atoms with Crippen molar-refractivity contribution in [2.45, 2.75) is 13.5 Å². The molecule has 0 aliphatic rings. The van der Waals surface area contributed by atoms with Crippen LogP contribution in [0.25, 0.3) is 22.6 Å². The van der Waals surface area contributed by atoms with Crippen LogP contribution in [-0.2, 0) is 6.54 Å². The van der Waals surface area contributed by atoms with Crippen LogP contribution >= 0.6 is 0 Å². The van der Waals surface area contributed by atoms with Gasteiger partial charge in [-0.05, 0) is 25.1 Å². The molecule has 0 atom stereocenters. The summed E-state index contributed by atoms with van der Waals surface area (Å²) >= 11 is 0. The molecule has 0 aliphatic heterocycles. The Morgan fingerprint density at radius 3 is 2.78 bits per heavy atom. The number of hydrogen-bond donors (Lipinski definition) is 0. The maximum Gasteiger partial charge on any atom is 0.437 e. The summed E-state index contributed by atoms with van der Waals surface area (Å²) in [6, 6.07) is 10.8. The van der Waals surface area contributed by atoms with E-state index < -0.39 is 17.4 Å². The molecule has 2 aromatic heterocycles. The van der Waals surface area contributed by atoms with Gasteiger partial charge in [-0.15, -0.1) is 5.10 Å². The Balaban J connectivity index is 1.71. The third kappa shape index (κ3) is 3.10. The summed E-state index contributed by atoms with van der Waals surface area (Å²) in [4.78, 5) is 12.0. The predicted octanol–water partition coefficient (Wildman–Crippen LogP) is 3.97. The minimum atomic E-state index is -1.03. The molecule has 6 nitrogen and oxygen atoms in total. The molecule has 0 spiro atoms. The number of hydrogen-bond acceptors (Lipinski definition) is 5. The Morgan fingerprint density at radius 1 is 1.15 bits per heavy atom. The molecule has 4 aromatic rings.